The molecule has 2 amide bonds. The van der Waals surface area contributed by atoms with Gasteiger partial charge in [-0.3, -0.25) is 9.59 Å². The number of benzene rings is 2. The first-order chi connectivity index (χ1) is 16.6. The van der Waals surface area contributed by atoms with Crippen LogP contribution in [0.2, 0.25) is 0 Å². The molecule has 0 saturated carbocycles. The van der Waals surface area contributed by atoms with Gasteiger partial charge in [-0.25, -0.2) is 8.42 Å². The van der Waals surface area contributed by atoms with Crippen LogP contribution in [0.4, 0.5) is 5.69 Å². The van der Waals surface area contributed by atoms with Crippen LogP contribution >= 0.6 is 0 Å². The Morgan fingerprint density at radius 2 is 1.60 bits per heavy atom. The van der Waals surface area contributed by atoms with E-state index in [-0.39, 0.29) is 35.7 Å². The van der Waals surface area contributed by atoms with Crippen molar-refractivity contribution < 1.29 is 18.0 Å². The highest BCUT2D eigenvalue weighted by molar-refractivity contribution is 7.89. The largest absolute Gasteiger partial charge is 0.331 e. The van der Waals surface area contributed by atoms with Gasteiger partial charge in [0.2, 0.25) is 21.8 Å². The number of rotatable bonds is 9. The Morgan fingerprint density at radius 3 is 2.14 bits per heavy atom. The van der Waals surface area contributed by atoms with Crippen LogP contribution in [0.3, 0.4) is 0 Å². The van der Waals surface area contributed by atoms with Crippen LogP contribution in [0.1, 0.15) is 58.4 Å². The number of nitrogens with zero attached hydrogens (tertiary/aromatic N) is 2. The summed E-state index contributed by atoms with van der Waals surface area (Å²) >= 11 is 0. The molecule has 1 N–H and O–H groups in total. The van der Waals surface area contributed by atoms with Crippen LogP contribution < -0.4 is 5.32 Å². The number of nitrogens with one attached hydrogen (secondary N) is 1. The van der Waals surface area contributed by atoms with Gasteiger partial charge in [-0.1, -0.05) is 51.1 Å². The third-order valence-corrected chi connectivity index (χ3v) is 8.54. The van der Waals surface area contributed by atoms with E-state index >= 15 is 0 Å². The minimum absolute atomic E-state index is 0.0825. The fourth-order valence-electron chi connectivity index (χ4n) is 4.40. The summed E-state index contributed by atoms with van der Waals surface area (Å²) in [6.45, 7) is 8.90. The lowest BCUT2D eigenvalue weighted by molar-refractivity contribution is -0.142. The Balaban J connectivity index is 1.64. The molecule has 7 nitrogen and oxygen atoms in total. The highest BCUT2D eigenvalue weighted by Gasteiger charge is 2.36. The standard InChI is InChI=1S/C27H37N3O4S/c1-5-17-30(21(4)26(31)28-24-9-7-6-8-10-24)27(32)23-15-18-29(19-16-23)35(33,34)25-13-11-22(12-14-25)20(2)3/h6-14,20-21,23H,5,15-19H2,1-4H3,(H,28,31). The summed E-state index contributed by atoms with van der Waals surface area (Å²) < 4.78 is 27.7. The Hall–Kier alpha value is -2.71. The maximum absolute atomic E-state index is 13.4. The van der Waals surface area contributed by atoms with Crippen LogP contribution in [0.5, 0.6) is 0 Å². The van der Waals surface area contributed by atoms with Crippen LogP contribution in [0.15, 0.2) is 59.5 Å². The lowest BCUT2D eigenvalue weighted by Gasteiger charge is -2.35. The number of carbonyl (C=O) groups excluding carboxylic acids is 2. The number of anilines is 1. The number of hydrogen-bond donors (Lipinski definition) is 1. The lowest BCUT2D eigenvalue weighted by Crippen LogP contribution is -2.50. The van der Waals surface area contributed by atoms with E-state index < -0.39 is 16.1 Å². The van der Waals surface area contributed by atoms with Crippen molar-refractivity contribution in [2.75, 3.05) is 25.0 Å². The highest BCUT2D eigenvalue weighted by Crippen LogP contribution is 2.27. The third-order valence-electron chi connectivity index (χ3n) is 6.62. The molecule has 1 unspecified atom stereocenters. The van der Waals surface area contributed by atoms with Crippen LogP contribution in [-0.2, 0) is 19.6 Å². The molecule has 2 aromatic carbocycles. The molecule has 0 bridgehead atoms. The van der Waals surface area contributed by atoms with Crippen LogP contribution in [-0.4, -0.2) is 55.1 Å². The number of piperidine rings is 1. The second kappa shape index (κ2) is 11.8. The molecule has 1 saturated heterocycles. The Morgan fingerprint density at radius 1 is 1.00 bits per heavy atom. The second-order valence-electron chi connectivity index (χ2n) is 9.46. The van der Waals surface area contributed by atoms with Crippen molar-refractivity contribution in [3.63, 3.8) is 0 Å². The Bertz CT molecular complexity index is 1090. The molecule has 0 aliphatic carbocycles. The van der Waals surface area contributed by atoms with E-state index in [0.29, 0.717) is 31.0 Å². The third kappa shape index (κ3) is 6.49. The summed E-state index contributed by atoms with van der Waals surface area (Å²) in [5.74, 6) is -0.288. The van der Waals surface area contributed by atoms with E-state index in [1.54, 1.807) is 24.0 Å². The van der Waals surface area contributed by atoms with E-state index in [1.165, 1.54) is 4.31 Å². The predicted octanol–water partition coefficient (Wildman–Crippen LogP) is 4.48. The van der Waals surface area contributed by atoms with Gasteiger partial charge < -0.3 is 10.2 Å². The number of para-hydroxylation sites is 1. The van der Waals surface area contributed by atoms with E-state index in [4.69, 9.17) is 0 Å². The molecule has 0 aromatic heterocycles. The minimum Gasteiger partial charge on any atom is -0.331 e. The molecule has 3 rings (SSSR count). The summed E-state index contributed by atoms with van der Waals surface area (Å²) in [5, 5.41) is 2.87. The first-order valence-corrected chi connectivity index (χ1v) is 13.9. The van der Waals surface area contributed by atoms with Gasteiger partial charge >= 0.3 is 0 Å². The van der Waals surface area contributed by atoms with Crippen molar-refractivity contribution in [2.45, 2.75) is 63.8 Å². The summed E-state index contributed by atoms with van der Waals surface area (Å²) in [4.78, 5) is 28.1. The number of amides is 2. The molecule has 2 aromatic rings. The topological polar surface area (TPSA) is 86.8 Å². The van der Waals surface area contributed by atoms with E-state index in [2.05, 4.69) is 19.2 Å². The maximum atomic E-state index is 13.4. The van der Waals surface area contributed by atoms with Crippen molar-refractivity contribution in [3.05, 3.63) is 60.2 Å². The summed E-state index contributed by atoms with van der Waals surface area (Å²) in [6.07, 6.45) is 1.61. The summed E-state index contributed by atoms with van der Waals surface area (Å²) in [6, 6.07) is 15.6. The van der Waals surface area contributed by atoms with Gasteiger partial charge in [0.25, 0.3) is 0 Å². The van der Waals surface area contributed by atoms with Crippen molar-refractivity contribution >= 4 is 27.5 Å². The zero-order chi connectivity index (χ0) is 25.6. The molecule has 1 aliphatic rings. The quantitative estimate of drug-likeness (QED) is 0.551. The van der Waals surface area contributed by atoms with Crippen molar-refractivity contribution in [2.24, 2.45) is 5.92 Å². The Kier molecular flexibility index (Phi) is 9.08. The van der Waals surface area contributed by atoms with Crippen LogP contribution in [0, 0.1) is 5.92 Å². The van der Waals surface area contributed by atoms with Gasteiger partial charge in [0.15, 0.2) is 0 Å². The average molecular weight is 500 g/mol. The number of carbonyl (C=O) groups is 2. The molecule has 1 fully saturated rings. The fraction of sp³-hybridized carbons (Fsp3) is 0.481. The van der Waals surface area contributed by atoms with Gasteiger partial charge in [0, 0.05) is 31.2 Å². The normalized spacial score (nSPS) is 16.1. The molecule has 1 heterocycles. The number of hydrogen-bond acceptors (Lipinski definition) is 4. The molecular weight excluding hydrogens is 462 g/mol. The summed E-state index contributed by atoms with van der Waals surface area (Å²) in [5.41, 5.74) is 1.78. The molecule has 0 spiro atoms. The zero-order valence-corrected chi connectivity index (χ0v) is 21.9. The predicted molar refractivity (Wildman–Crippen MR) is 139 cm³/mol. The highest BCUT2D eigenvalue weighted by atomic mass is 32.2. The monoisotopic (exact) mass is 499 g/mol. The van der Waals surface area contributed by atoms with Crippen molar-refractivity contribution in [1.82, 2.24) is 9.21 Å². The molecule has 8 heteroatoms. The first kappa shape index (κ1) is 26.9. The molecule has 1 aliphatic heterocycles. The van der Waals surface area contributed by atoms with E-state index in [1.807, 2.05) is 49.4 Å². The van der Waals surface area contributed by atoms with Gasteiger partial charge in [-0.05, 0) is 61.9 Å². The maximum Gasteiger partial charge on any atom is 0.246 e. The molecule has 35 heavy (non-hydrogen) atoms. The Labute approximate surface area is 209 Å². The molecule has 1 atom stereocenters. The minimum atomic E-state index is -3.60. The SMILES string of the molecule is CCCN(C(=O)C1CCN(S(=O)(=O)c2ccc(C(C)C)cc2)CC1)C(C)C(=O)Nc1ccccc1. The molecule has 0 radical (unpaired) electrons. The zero-order valence-electron chi connectivity index (χ0n) is 21.1. The van der Waals surface area contributed by atoms with Crippen LogP contribution in [0.25, 0.3) is 0 Å². The second-order valence-corrected chi connectivity index (χ2v) is 11.4. The van der Waals surface area contributed by atoms with Gasteiger partial charge in [0.05, 0.1) is 4.90 Å². The van der Waals surface area contributed by atoms with Gasteiger partial charge in [0.1, 0.15) is 6.04 Å². The smallest absolute Gasteiger partial charge is 0.246 e. The van der Waals surface area contributed by atoms with Crippen molar-refractivity contribution in [3.8, 4) is 0 Å². The number of sulfonamides is 1. The fourth-order valence-corrected chi connectivity index (χ4v) is 5.87. The first-order valence-electron chi connectivity index (χ1n) is 12.4. The van der Waals surface area contributed by atoms with Gasteiger partial charge in [-0.2, -0.15) is 4.31 Å². The lowest BCUT2D eigenvalue weighted by atomic mass is 9.95. The van der Waals surface area contributed by atoms with E-state index in [9.17, 15) is 18.0 Å². The molecule has 190 valence electrons. The molecular formula is C27H37N3O4S. The summed E-state index contributed by atoms with van der Waals surface area (Å²) in [7, 11) is -3.60. The van der Waals surface area contributed by atoms with Crippen molar-refractivity contribution in [1.29, 1.82) is 0 Å². The average Bonchev–Trinajstić information content (AvgIpc) is 2.87. The van der Waals surface area contributed by atoms with Gasteiger partial charge in [-0.15, -0.1) is 0 Å². The van der Waals surface area contributed by atoms with E-state index in [0.717, 1.165) is 12.0 Å².